The lowest BCUT2D eigenvalue weighted by molar-refractivity contribution is 0.0524. The van der Waals surface area contributed by atoms with Crippen LogP contribution in [0.15, 0.2) is 18.3 Å². The van der Waals surface area contributed by atoms with Crippen molar-refractivity contribution in [3.63, 3.8) is 0 Å². The van der Waals surface area contributed by atoms with E-state index in [2.05, 4.69) is 15.0 Å². The van der Waals surface area contributed by atoms with Gasteiger partial charge in [0, 0.05) is 23.1 Å². The van der Waals surface area contributed by atoms with E-state index in [1.807, 2.05) is 32.9 Å². The van der Waals surface area contributed by atoms with E-state index in [-0.39, 0.29) is 5.97 Å². The van der Waals surface area contributed by atoms with Gasteiger partial charge in [0.25, 0.3) is 0 Å². The molecule has 0 aromatic carbocycles. The fourth-order valence-corrected chi connectivity index (χ4v) is 2.17. The first-order valence-electron chi connectivity index (χ1n) is 7.03. The Kier molecular flexibility index (Phi) is 4.62. The van der Waals surface area contributed by atoms with Crippen molar-refractivity contribution in [2.45, 2.75) is 34.1 Å². The molecule has 0 radical (unpaired) electrons. The Morgan fingerprint density at radius 2 is 1.81 bits per heavy atom. The van der Waals surface area contributed by atoms with E-state index in [0.29, 0.717) is 30.1 Å². The molecule has 5 nitrogen and oxygen atoms in total. The lowest BCUT2D eigenvalue weighted by Gasteiger charge is -2.09. The highest BCUT2D eigenvalue weighted by Gasteiger charge is 2.15. The number of aryl methyl sites for hydroxylation is 3. The van der Waals surface area contributed by atoms with Crippen molar-refractivity contribution < 1.29 is 9.53 Å². The smallest absolute Gasteiger partial charge is 0.341 e. The fourth-order valence-electron chi connectivity index (χ4n) is 2.17. The summed E-state index contributed by atoms with van der Waals surface area (Å²) in [6.07, 6.45) is 2.19. The largest absolute Gasteiger partial charge is 0.462 e. The lowest BCUT2D eigenvalue weighted by Crippen LogP contribution is -2.11. The minimum absolute atomic E-state index is 0.340. The van der Waals surface area contributed by atoms with Crippen molar-refractivity contribution >= 4 is 5.97 Å². The highest BCUT2D eigenvalue weighted by Crippen LogP contribution is 2.19. The molecule has 2 heterocycles. The quantitative estimate of drug-likeness (QED) is 0.808. The van der Waals surface area contributed by atoms with E-state index >= 15 is 0 Å². The van der Waals surface area contributed by atoms with Gasteiger partial charge in [0.15, 0.2) is 5.82 Å². The van der Waals surface area contributed by atoms with Gasteiger partial charge in [0.2, 0.25) is 0 Å². The normalized spacial score (nSPS) is 10.5. The molecule has 110 valence electrons. The number of hydrogen-bond acceptors (Lipinski definition) is 5. The summed E-state index contributed by atoms with van der Waals surface area (Å²) < 4.78 is 5.03. The molecule has 21 heavy (non-hydrogen) atoms. The number of hydrogen-bond donors (Lipinski definition) is 0. The molecule has 0 saturated carbocycles. The van der Waals surface area contributed by atoms with Crippen molar-refractivity contribution in [2.75, 3.05) is 6.61 Å². The van der Waals surface area contributed by atoms with Gasteiger partial charge in [-0.15, -0.1) is 0 Å². The van der Waals surface area contributed by atoms with Gasteiger partial charge in [-0.1, -0.05) is 6.92 Å². The number of nitrogens with zero attached hydrogens (tertiary/aromatic N) is 3. The maximum atomic E-state index is 11.9. The number of carbonyl (C=O) groups is 1. The molecule has 0 unspecified atom stereocenters. The van der Waals surface area contributed by atoms with Crippen molar-refractivity contribution in [3.05, 3.63) is 41.0 Å². The first-order valence-corrected chi connectivity index (χ1v) is 7.03. The molecule has 0 N–H and O–H groups in total. The Balaban J connectivity index is 2.45. The summed E-state index contributed by atoms with van der Waals surface area (Å²) in [5.74, 6) is 0.233. The molecular weight excluding hydrogens is 266 g/mol. The Hall–Kier alpha value is -2.30. The van der Waals surface area contributed by atoms with Crippen molar-refractivity contribution in [2.24, 2.45) is 0 Å². The predicted molar refractivity (Wildman–Crippen MR) is 80.1 cm³/mol. The van der Waals surface area contributed by atoms with Crippen LogP contribution in [0, 0.1) is 13.8 Å². The van der Waals surface area contributed by atoms with E-state index in [1.54, 1.807) is 13.1 Å². The Morgan fingerprint density at radius 3 is 2.38 bits per heavy atom. The molecule has 0 amide bonds. The Labute approximate surface area is 124 Å². The van der Waals surface area contributed by atoms with E-state index in [4.69, 9.17) is 4.74 Å². The summed E-state index contributed by atoms with van der Waals surface area (Å²) in [6, 6.07) is 3.87. The molecule has 0 bridgehead atoms. The van der Waals surface area contributed by atoms with Crippen molar-refractivity contribution in [3.8, 4) is 11.4 Å². The van der Waals surface area contributed by atoms with E-state index in [9.17, 15) is 4.79 Å². The third kappa shape index (κ3) is 3.42. The Morgan fingerprint density at radius 1 is 1.14 bits per heavy atom. The molecule has 0 aliphatic heterocycles. The zero-order valence-corrected chi connectivity index (χ0v) is 12.8. The van der Waals surface area contributed by atoms with E-state index in [1.165, 1.54) is 0 Å². The summed E-state index contributed by atoms with van der Waals surface area (Å²) in [7, 11) is 0. The van der Waals surface area contributed by atoms with Crippen LogP contribution < -0.4 is 0 Å². The molecular formula is C16H19N3O2. The van der Waals surface area contributed by atoms with Crippen LogP contribution >= 0.6 is 0 Å². The number of carbonyl (C=O) groups excluding carboxylic acids is 1. The van der Waals surface area contributed by atoms with Crippen LogP contribution in [-0.4, -0.2) is 27.5 Å². The highest BCUT2D eigenvalue weighted by molar-refractivity contribution is 5.90. The van der Waals surface area contributed by atoms with Crippen molar-refractivity contribution in [1.29, 1.82) is 0 Å². The summed E-state index contributed by atoms with van der Waals surface area (Å²) in [6.45, 7) is 7.94. The highest BCUT2D eigenvalue weighted by atomic mass is 16.5. The number of ether oxygens (including phenoxy) is 1. The molecule has 2 aromatic rings. The van der Waals surface area contributed by atoms with Gasteiger partial charge >= 0.3 is 5.97 Å². The molecule has 0 fully saturated rings. The van der Waals surface area contributed by atoms with Crippen molar-refractivity contribution in [1.82, 2.24) is 15.0 Å². The molecule has 0 aliphatic rings. The van der Waals surface area contributed by atoms with E-state index < -0.39 is 0 Å². The zero-order valence-electron chi connectivity index (χ0n) is 12.8. The molecule has 5 heteroatoms. The van der Waals surface area contributed by atoms with Crippen LogP contribution in [0.25, 0.3) is 11.4 Å². The summed E-state index contributed by atoms with van der Waals surface area (Å²) in [5.41, 5.74) is 3.88. The van der Waals surface area contributed by atoms with Gasteiger partial charge in [0.1, 0.15) is 0 Å². The Bertz CT molecular complexity index is 648. The first-order chi connectivity index (χ1) is 10.0. The monoisotopic (exact) mass is 285 g/mol. The topological polar surface area (TPSA) is 65.0 Å². The molecule has 2 rings (SSSR count). The second-order valence-electron chi connectivity index (χ2n) is 4.77. The average molecular weight is 285 g/mol. The molecule has 0 aliphatic carbocycles. The summed E-state index contributed by atoms with van der Waals surface area (Å²) in [5, 5.41) is 0. The zero-order chi connectivity index (χ0) is 15.4. The maximum Gasteiger partial charge on any atom is 0.341 e. The van der Waals surface area contributed by atoms with Crippen LogP contribution in [0.3, 0.4) is 0 Å². The van der Waals surface area contributed by atoms with Gasteiger partial charge in [-0.3, -0.25) is 4.98 Å². The third-order valence-electron chi connectivity index (χ3n) is 3.04. The third-order valence-corrected chi connectivity index (χ3v) is 3.04. The predicted octanol–water partition coefficient (Wildman–Crippen LogP) is 2.89. The van der Waals surface area contributed by atoms with Crippen LogP contribution in [0.2, 0.25) is 0 Å². The average Bonchev–Trinajstić information content (AvgIpc) is 2.45. The van der Waals surface area contributed by atoms with Crippen LogP contribution in [-0.2, 0) is 11.2 Å². The van der Waals surface area contributed by atoms with Gasteiger partial charge in [-0.25, -0.2) is 14.8 Å². The SMILES string of the molecule is CCOC(=O)c1cnc(-c2cc(C)nc(C)c2)nc1CC. The van der Waals surface area contributed by atoms with Gasteiger partial charge in [0.05, 0.1) is 17.9 Å². The second-order valence-corrected chi connectivity index (χ2v) is 4.77. The van der Waals surface area contributed by atoms with Crippen LogP contribution in [0.1, 0.15) is 41.3 Å². The summed E-state index contributed by atoms with van der Waals surface area (Å²) in [4.78, 5) is 25.0. The first kappa shape index (κ1) is 15.1. The minimum atomic E-state index is -0.372. The lowest BCUT2D eigenvalue weighted by atomic mass is 10.1. The number of rotatable bonds is 4. The van der Waals surface area contributed by atoms with Crippen LogP contribution in [0.5, 0.6) is 0 Å². The van der Waals surface area contributed by atoms with Crippen LogP contribution in [0.4, 0.5) is 0 Å². The maximum absolute atomic E-state index is 11.9. The number of pyridine rings is 1. The van der Waals surface area contributed by atoms with Gasteiger partial charge in [-0.2, -0.15) is 0 Å². The number of esters is 1. The van der Waals surface area contributed by atoms with E-state index in [0.717, 1.165) is 17.0 Å². The molecule has 0 spiro atoms. The molecule has 0 atom stereocenters. The number of aromatic nitrogens is 3. The van der Waals surface area contributed by atoms with Gasteiger partial charge in [-0.05, 0) is 39.3 Å². The molecule has 0 saturated heterocycles. The fraction of sp³-hybridized carbons (Fsp3) is 0.375. The standard InChI is InChI=1S/C16H19N3O2/c1-5-14-13(16(20)21-6-2)9-17-15(19-14)12-7-10(3)18-11(4)8-12/h7-9H,5-6H2,1-4H3. The summed E-state index contributed by atoms with van der Waals surface area (Å²) >= 11 is 0. The van der Waals surface area contributed by atoms with Gasteiger partial charge < -0.3 is 4.74 Å². The minimum Gasteiger partial charge on any atom is -0.462 e. The second kappa shape index (κ2) is 6.43. The molecule has 2 aromatic heterocycles.